The molecule has 0 bridgehead atoms. The largest absolute Gasteiger partial charge is 0.374 e. The zero-order valence-electron chi connectivity index (χ0n) is 12.0. The molecule has 3 N–H and O–H groups in total. The normalized spacial score (nSPS) is 11.8. The maximum atomic E-state index is 12.7. The van der Waals surface area contributed by atoms with Gasteiger partial charge in [0, 0.05) is 5.69 Å². The van der Waals surface area contributed by atoms with Crippen LogP contribution < -0.4 is 11.1 Å². The Bertz CT molecular complexity index is 777. The lowest BCUT2D eigenvalue weighted by molar-refractivity contribution is -0.115. The minimum Gasteiger partial charge on any atom is -0.374 e. The highest BCUT2D eigenvalue weighted by molar-refractivity contribution is 8.02. The van der Waals surface area contributed by atoms with Gasteiger partial charge in [-0.25, -0.2) is 0 Å². The monoisotopic (exact) mass is 342 g/mol. The summed E-state index contributed by atoms with van der Waals surface area (Å²) >= 11 is 2.62. The summed E-state index contributed by atoms with van der Waals surface area (Å²) in [4.78, 5) is 12.7. The SMILES string of the molecule is Nc1nnc(S[C@@H](C(=O)Nc2ccccc2)c2ccccc2)s1. The number of para-hydroxylation sites is 1. The van der Waals surface area contributed by atoms with Gasteiger partial charge >= 0.3 is 0 Å². The minimum atomic E-state index is -0.427. The predicted octanol–water partition coefficient (Wildman–Crippen LogP) is 3.59. The highest BCUT2D eigenvalue weighted by Gasteiger charge is 2.23. The molecule has 0 aliphatic heterocycles. The van der Waals surface area contributed by atoms with Crippen LogP contribution in [0.1, 0.15) is 10.8 Å². The summed E-state index contributed by atoms with van der Waals surface area (Å²) in [6, 6.07) is 19.0. The van der Waals surface area contributed by atoms with E-state index in [1.807, 2.05) is 60.7 Å². The zero-order chi connectivity index (χ0) is 16.1. The van der Waals surface area contributed by atoms with E-state index in [-0.39, 0.29) is 5.91 Å². The fourth-order valence-corrected chi connectivity index (χ4v) is 3.83. The summed E-state index contributed by atoms with van der Waals surface area (Å²) in [5.41, 5.74) is 7.29. The van der Waals surface area contributed by atoms with E-state index in [4.69, 9.17) is 5.73 Å². The molecule has 0 radical (unpaired) electrons. The molecule has 1 amide bonds. The number of nitrogens with two attached hydrogens (primary N) is 1. The average Bonchev–Trinajstić information content (AvgIpc) is 2.99. The molecular formula is C16H14N4OS2. The van der Waals surface area contributed by atoms with Crippen molar-refractivity contribution >= 4 is 39.8 Å². The summed E-state index contributed by atoms with van der Waals surface area (Å²) in [6.07, 6.45) is 0. The molecule has 3 rings (SSSR count). The van der Waals surface area contributed by atoms with Gasteiger partial charge in [0.1, 0.15) is 5.25 Å². The number of nitrogens with zero attached hydrogens (tertiary/aromatic N) is 2. The zero-order valence-corrected chi connectivity index (χ0v) is 13.7. The molecular weight excluding hydrogens is 328 g/mol. The van der Waals surface area contributed by atoms with Crippen LogP contribution >= 0.6 is 23.1 Å². The number of hydrogen-bond donors (Lipinski definition) is 2. The van der Waals surface area contributed by atoms with Gasteiger partial charge in [0.15, 0.2) is 4.34 Å². The van der Waals surface area contributed by atoms with Crippen LogP contribution in [0.4, 0.5) is 10.8 Å². The Hall–Kier alpha value is -2.38. The summed E-state index contributed by atoms with van der Waals surface area (Å²) in [5, 5.41) is 10.7. The standard InChI is InChI=1S/C16H14N4OS2/c17-15-19-20-16(23-15)22-13(11-7-3-1-4-8-11)14(21)18-12-9-5-2-6-10-12/h1-10,13H,(H2,17,19)(H,18,21)/t13-/m1/s1. The Morgan fingerprint density at radius 3 is 2.30 bits per heavy atom. The number of nitrogen functional groups attached to an aromatic ring is 1. The van der Waals surface area contributed by atoms with Crippen molar-refractivity contribution in [1.82, 2.24) is 10.2 Å². The number of benzene rings is 2. The van der Waals surface area contributed by atoms with Gasteiger partial charge < -0.3 is 11.1 Å². The molecule has 23 heavy (non-hydrogen) atoms. The molecule has 5 nitrogen and oxygen atoms in total. The van der Waals surface area contributed by atoms with Crippen LogP contribution in [0.15, 0.2) is 65.0 Å². The van der Waals surface area contributed by atoms with E-state index in [1.54, 1.807) is 0 Å². The first-order valence-electron chi connectivity index (χ1n) is 6.89. The maximum Gasteiger partial charge on any atom is 0.242 e. The lowest BCUT2D eigenvalue weighted by atomic mass is 10.1. The molecule has 3 aromatic rings. The van der Waals surface area contributed by atoms with E-state index in [9.17, 15) is 4.79 Å². The minimum absolute atomic E-state index is 0.110. The van der Waals surface area contributed by atoms with Gasteiger partial charge in [0.2, 0.25) is 11.0 Å². The van der Waals surface area contributed by atoms with Gasteiger partial charge in [-0.05, 0) is 17.7 Å². The molecule has 0 unspecified atom stereocenters. The molecule has 0 aliphatic carbocycles. The third-order valence-electron chi connectivity index (χ3n) is 3.02. The molecule has 2 aromatic carbocycles. The first-order valence-corrected chi connectivity index (χ1v) is 8.58. The second-order valence-corrected chi connectivity index (χ2v) is 7.03. The Kier molecular flexibility index (Phi) is 4.89. The van der Waals surface area contributed by atoms with Crippen LogP contribution in [0, 0.1) is 0 Å². The van der Waals surface area contributed by atoms with Crippen molar-refractivity contribution in [3.8, 4) is 0 Å². The molecule has 0 aliphatic rings. The van der Waals surface area contributed by atoms with E-state index in [1.165, 1.54) is 23.1 Å². The fraction of sp³-hybridized carbons (Fsp3) is 0.0625. The lowest BCUT2D eigenvalue weighted by Gasteiger charge is -2.15. The van der Waals surface area contributed by atoms with Gasteiger partial charge in [-0.15, -0.1) is 10.2 Å². The Morgan fingerprint density at radius 2 is 1.70 bits per heavy atom. The molecule has 0 fully saturated rings. The van der Waals surface area contributed by atoms with Crippen LogP contribution in [-0.4, -0.2) is 16.1 Å². The van der Waals surface area contributed by atoms with Crippen LogP contribution in [0.3, 0.4) is 0 Å². The molecule has 7 heteroatoms. The van der Waals surface area contributed by atoms with Gasteiger partial charge in [-0.2, -0.15) is 0 Å². The van der Waals surface area contributed by atoms with E-state index >= 15 is 0 Å². The molecule has 1 aromatic heterocycles. The second kappa shape index (κ2) is 7.26. The first kappa shape index (κ1) is 15.5. The number of thioether (sulfide) groups is 1. The number of hydrogen-bond acceptors (Lipinski definition) is 6. The number of anilines is 2. The van der Waals surface area contributed by atoms with Crippen molar-refractivity contribution < 1.29 is 4.79 Å². The molecule has 116 valence electrons. The fourth-order valence-electron chi connectivity index (χ4n) is 2.00. The number of carbonyl (C=O) groups excluding carboxylic acids is 1. The van der Waals surface area contributed by atoms with Crippen molar-refractivity contribution in [2.24, 2.45) is 0 Å². The number of rotatable bonds is 5. The van der Waals surface area contributed by atoms with E-state index in [0.29, 0.717) is 9.47 Å². The number of carbonyl (C=O) groups is 1. The van der Waals surface area contributed by atoms with Gasteiger partial charge in [-0.1, -0.05) is 71.6 Å². The number of amides is 1. The third kappa shape index (κ3) is 4.08. The maximum absolute atomic E-state index is 12.7. The first-order chi connectivity index (χ1) is 11.2. The van der Waals surface area contributed by atoms with Crippen LogP contribution in [0.25, 0.3) is 0 Å². The molecule has 1 atom stereocenters. The Balaban J connectivity index is 1.84. The summed E-state index contributed by atoms with van der Waals surface area (Å²) in [5.74, 6) is -0.110. The van der Waals surface area contributed by atoms with Crippen molar-refractivity contribution in [3.05, 3.63) is 66.2 Å². The van der Waals surface area contributed by atoms with E-state index < -0.39 is 5.25 Å². The quantitative estimate of drug-likeness (QED) is 0.693. The topological polar surface area (TPSA) is 80.9 Å². The van der Waals surface area contributed by atoms with Gasteiger partial charge in [0.05, 0.1) is 0 Å². The second-order valence-electron chi connectivity index (χ2n) is 4.67. The highest BCUT2D eigenvalue weighted by atomic mass is 32.2. The smallest absolute Gasteiger partial charge is 0.242 e. The van der Waals surface area contributed by atoms with Crippen molar-refractivity contribution in [2.75, 3.05) is 11.1 Å². The number of aromatic nitrogens is 2. The average molecular weight is 342 g/mol. The van der Waals surface area contributed by atoms with Crippen molar-refractivity contribution in [1.29, 1.82) is 0 Å². The predicted molar refractivity (Wildman–Crippen MR) is 94.4 cm³/mol. The Morgan fingerprint density at radius 1 is 1.04 bits per heavy atom. The van der Waals surface area contributed by atoms with E-state index in [2.05, 4.69) is 15.5 Å². The van der Waals surface area contributed by atoms with Crippen LogP contribution in [0.5, 0.6) is 0 Å². The molecule has 0 saturated carbocycles. The number of nitrogens with one attached hydrogen (secondary N) is 1. The summed E-state index contributed by atoms with van der Waals surface area (Å²) in [6.45, 7) is 0. The Labute approximate surface area is 141 Å². The van der Waals surface area contributed by atoms with Gasteiger partial charge in [-0.3, -0.25) is 4.79 Å². The molecule has 0 spiro atoms. The van der Waals surface area contributed by atoms with Crippen LogP contribution in [0.2, 0.25) is 0 Å². The van der Waals surface area contributed by atoms with Crippen molar-refractivity contribution in [2.45, 2.75) is 9.59 Å². The van der Waals surface area contributed by atoms with E-state index in [0.717, 1.165) is 11.3 Å². The summed E-state index contributed by atoms with van der Waals surface area (Å²) in [7, 11) is 0. The highest BCUT2D eigenvalue weighted by Crippen LogP contribution is 2.38. The van der Waals surface area contributed by atoms with Gasteiger partial charge in [0.25, 0.3) is 0 Å². The van der Waals surface area contributed by atoms with Crippen LogP contribution in [-0.2, 0) is 4.79 Å². The third-order valence-corrected chi connectivity index (χ3v) is 5.11. The summed E-state index contributed by atoms with van der Waals surface area (Å²) < 4.78 is 0.666. The molecule has 1 heterocycles. The van der Waals surface area contributed by atoms with Crippen molar-refractivity contribution in [3.63, 3.8) is 0 Å². The lowest BCUT2D eigenvalue weighted by Crippen LogP contribution is -2.18. The molecule has 0 saturated heterocycles.